The zero-order valence-corrected chi connectivity index (χ0v) is 16.8. The molecule has 0 radical (unpaired) electrons. The molecule has 0 bridgehead atoms. The van der Waals surface area contributed by atoms with Crippen LogP contribution in [0, 0.1) is 6.92 Å². The first-order valence-corrected chi connectivity index (χ1v) is 8.75. The summed E-state index contributed by atoms with van der Waals surface area (Å²) >= 11 is 0. The molecule has 0 saturated carbocycles. The van der Waals surface area contributed by atoms with Gasteiger partial charge in [0.05, 0.1) is 19.9 Å². The van der Waals surface area contributed by atoms with Gasteiger partial charge >= 0.3 is 6.03 Å². The lowest BCUT2D eigenvalue weighted by molar-refractivity contribution is 0.233. The Labute approximate surface area is 160 Å². The number of benzene rings is 2. The molecule has 0 aliphatic heterocycles. The molecule has 6 heteroatoms. The van der Waals surface area contributed by atoms with Crippen LogP contribution in [0.15, 0.2) is 36.4 Å². The number of carbonyl (C=O) groups is 1. The summed E-state index contributed by atoms with van der Waals surface area (Å²) in [4.78, 5) is 12.2. The van der Waals surface area contributed by atoms with Crippen molar-refractivity contribution < 1.29 is 19.0 Å². The number of rotatable bonds is 6. The maximum Gasteiger partial charge on any atom is 0.321 e. The summed E-state index contributed by atoms with van der Waals surface area (Å²) in [5, 5.41) is 5.44. The van der Waals surface area contributed by atoms with Crippen molar-refractivity contribution in [1.29, 1.82) is 0 Å². The van der Waals surface area contributed by atoms with Gasteiger partial charge in [0.25, 0.3) is 0 Å². The number of amides is 2. The van der Waals surface area contributed by atoms with Crippen LogP contribution >= 0.6 is 0 Å². The molecule has 0 saturated heterocycles. The third-order valence-electron chi connectivity index (χ3n) is 4.06. The van der Waals surface area contributed by atoms with E-state index in [2.05, 4.69) is 37.5 Å². The predicted octanol–water partition coefficient (Wildman–Crippen LogP) is 4.47. The second-order valence-corrected chi connectivity index (χ2v) is 7.24. The van der Waals surface area contributed by atoms with Crippen LogP contribution in [0.1, 0.15) is 31.9 Å². The normalized spacial score (nSPS) is 10.9. The number of nitrogens with one attached hydrogen (secondary N) is 2. The molecular formula is C21H28N2O4. The highest BCUT2D eigenvalue weighted by atomic mass is 16.5. The fourth-order valence-electron chi connectivity index (χ4n) is 2.60. The third kappa shape index (κ3) is 5.54. The molecular weight excluding hydrogens is 344 g/mol. The van der Waals surface area contributed by atoms with E-state index < -0.39 is 0 Å². The van der Waals surface area contributed by atoms with Crippen LogP contribution < -0.4 is 24.8 Å². The predicted molar refractivity (Wildman–Crippen MR) is 107 cm³/mol. The van der Waals surface area contributed by atoms with Crippen molar-refractivity contribution >= 4 is 11.7 Å². The average Bonchev–Trinajstić information content (AvgIpc) is 2.62. The molecule has 2 aromatic rings. The summed E-state index contributed by atoms with van der Waals surface area (Å²) in [6, 6.07) is 10.8. The van der Waals surface area contributed by atoms with E-state index >= 15 is 0 Å². The third-order valence-corrected chi connectivity index (χ3v) is 4.06. The van der Waals surface area contributed by atoms with Crippen molar-refractivity contribution in [2.45, 2.75) is 33.1 Å². The van der Waals surface area contributed by atoms with Gasteiger partial charge < -0.3 is 24.8 Å². The van der Waals surface area contributed by atoms with Gasteiger partial charge in [-0.1, -0.05) is 38.5 Å². The van der Waals surface area contributed by atoms with Gasteiger partial charge in [-0.3, -0.25) is 0 Å². The lowest BCUT2D eigenvalue weighted by Gasteiger charge is -2.23. The van der Waals surface area contributed by atoms with Crippen LogP contribution in [0.5, 0.6) is 17.2 Å². The van der Waals surface area contributed by atoms with Gasteiger partial charge in [-0.25, -0.2) is 4.79 Å². The Balaban J connectivity index is 1.98. The van der Waals surface area contributed by atoms with Gasteiger partial charge in [0.1, 0.15) is 17.2 Å². The summed E-state index contributed by atoms with van der Waals surface area (Å²) < 4.78 is 16.2. The standard InChI is InChI=1S/C21H28N2O4/c1-14-7-10-18(16(11-14)21(2,3)4)27-13-22-20(24)23-17-9-8-15(25-5)12-19(17)26-6/h7-12H,13H2,1-6H3,(H2,22,23,24). The molecule has 0 atom stereocenters. The highest BCUT2D eigenvalue weighted by Crippen LogP contribution is 2.32. The van der Waals surface area contributed by atoms with Crippen molar-refractivity contribution in [1.82, 2.24) is 5.32 Å². The minimum atomic E-state index is -0.386. The first-order chi connectivity index (χ1) is 12.7. The van der Waals surface area contributed by atoms with Gasteiger partial charge in [-0.15, -0.1) is 0 Å². The molecule has 0 aliphatic carbocycles. The molecule has 0 spiro atoms. The number of urea groups is 1. The maximum absolute atomic E-state index is 12.2. The highest BCUT2D eigenvalue weighted by molar-refractivity contribution is 5.91. The van der Waals surface area contributed by atoms with Gasteiger partial charge in [0.15, 0.2) is 6.73 Å². The fourth-order valence-corrected chi connectivity index (χ4v) is 2.60. The molecule has 0 heterocycles. The van der Waals surface area contributed by atoms with Gasteiger partial charge in [-0.05, 0) is 36.1 Å². The van der Waals surface area contributed by atoms with E-state index in [-0.39, 0.29) is 18.2 Å². The van der Waals surface area contributed by atoms with E-state index in [9.17, 15) is 4.79 Å². The number of methoxy groups -OCH3 is 2. The smallest absolute Gasteiger partial charge is 0.321 e. The second-order valence-electron chi connectivity index (χ2n) is 7.24. The minimum absolute atomic E-state index is 0.0520. The minimum Gasteiger partial charge on any atom is -0.497 e. The number of hydrogen-bond donors (Lipinski definition) is 2. The van der Waals surface area contributed by atoms with Crippen molar-refractivity contribution in [2.24, 2.45) is 0 Å². The lowest BCUT2D eigenvalue weighted by Crippen LogP contribution is -2.32. The zero-order valence-electron chi connectivity index (χ0n) is 16.8. The van der Waals surface area contributed by atoms with Crippen LogP contribution in [-0.4, -0.2) is 27.0 Å². The Hall–Kier alpha value is -2.89. The molecule has 6 nitrogen and oxygen atoms in total. The molecule has 0 aliphatic rings. The Morgan fingerprint density at radius 1 is 1.00 bits per heavy atom. The molecule has 2 amide bonds. The Morgan fingerprint density at radius 2 is 1.74 bits per heavy atom. The van der Waals surface area contributed by atoms with E-state index in [0.717, 1.165) is 11.3 Å². The summed E-state index contributed by atoms with van der Waals surface area (Å²) in [6.45, 7) is 8.49. The molecule has 0 fully saturated rings. The molecule has 0 aromatic heterocycles. The van der Waals surface area contributed by atoms with Crippen LogP contribution in [-0.2, 0) is 5.41 Å². The van der Waals surface area contributed by atoms with Crippen LogP contribution in [0.3, 0.4) is 0 Å². The number of anilines is 1. The Kier molecular flexibility index (Phi) is 6.55. The number of ether oxygens (including phenoxy) is 3. The maximum atomic E-state index is 12.2. The fraction of sp³-hybridized carbons (Fsp3) is 0.381. The van der Waals surface area contributed by atoms with Crippen molar-refractivity contribution in [3.8, 4) is 17.2 Å². The van der Waals surface area contributed by atoms with Crippen molar-refractivity contribution in [3.63, 3.8) is 0 Å². The van der Waals surface area contributed by atoms with Gasteiger partial charge in [-0.2, -0.15) is 0 Å². The molecule has 146 valence electrons. The number of hydrogen-bond acceptors (Lipinski definition) is 4. The van der Waals surface area contributed by atoms with E-state index in [4.69, 9.17) is 14.2 Å². The summed E-state index contributed by atoms with van der Waals surface area (Å²) in [7, 11) is 3.11. The second kappa shape index (κ2) is 8.66. The summed E-state index contributed by atoms with van der Waals surface area (Å²) in [5.74, 6) is 1.92. The largest absolute Gasteiger partial charge is 0.497 e. The summed E-state index contributed by atoms with van der Waals surface area (Å²) in [6.07, 6.45) is 0. The quantitative estimate of drug-likeness (QED) is 0.734. The molecule has 0 unspecified atom stereocenters. The number of carbonyl (C=O) groups excluding carboxylic acids is 1. The van der Waals surface area contributed by atoms with Crippen LogP contribution in [0.2, 0.25) is 0 Å². The van der Waals surface area contributed by atoms with Gasteiger partial charge in [0.2, 0.25) is 0 Å². The van der Waals surface area contributed by atoms with E-state index in [0.29, 0.717) is 17.2 Å². The molecule has 2 aromatic carbocycles. The van der Waals surface area contributed by atoms with E-state index in [1.807, 2.05) is 19.1 Å². The van der Waals surface area contributed by atoms with Crippen LogP contribution in [0.25, 0.3) is 0 Å². The number of aryl methyl sites for hydroxylation is 1. The Bertz CT molecular complexity index is 797. The van der Waals surface area contributed by atoms with Crippen molar-refractivity contribution in [2.75, 3.05) is 26.3 Å². The van der Waals surface area contributed by atoms with Gasteiger partial charge in [0, 0.05) is 6.07 Å². The molecule has 2 rings (SSSR count). The first kappa shape index (κ1) is 20.4. The highest BCUT2D eigenvalue weighted by Gasteiger charge is 2.19. The SMILES string of the molecule is COc1ccc(NC(=O)NCOc2ccc(C)cc2C(C)(C)C)c(OC)c1. The van der Waals surface area contributed by atoms with E-state index in [1.165, 1.54) is 12.7 Å². The zero-order chi connectivity index (χ0) is 20.0. The topological polar surface area (TPSA) is 68.8 Å². The van der Waals surface area contributed by atoms with E-state index in [1.54, 1.807) is 25.3 Å². The average molecular weight is 372 g/mol. The monoisotopic (exact) mass is 372 g/mol. The first-order valence-electron chi connectivity index (χ1n) is 8.75. The molecule has 27 heavy (non-hydrogen) atoms. The lowest BCUT2D eigenvalue weighted by atomic mass is 9.85. The molecule has 2 N–H and O–H groups in total. The van der Waals surface area contributed by atoms with Crippen LogP contribution in [0.4, 0.5) is 10.5 Å². The van der Waals surface area contributed by atoms with Crippen molar-refractivity contribution in [3.05, 3.63) is 47.5 Å². The summed E-state index contributed by atoms with van der Waals surface area (Å²) in [5.41, 5.74) is 2.76. The Morgan fingerprint density at radius 3 is 2.37 bits per heavy atom.